The SMILES string of the molecule is C[C@@H]1[C@@H]([Si](C)(C)F)[C@H](CC(=O)N2Cc3ccccc3C[C@H]2CO)O[C@@]12C(=O)Nc1ccc(NC(=O)c3ccc(N)cc3)cc12. The van der Waals surface area contributed by atoms with Crippen LogP contribution in [0.3, 0.4) is 0 Å². The van der Waals surface area contributed by atoms with Crippen LogP contribution in [0.5, 0.6) is 0 Å². The molecule has 9 nitrogen and oxygen atoms in total. The molecule has 3 aromatic carbocycles. The van der Waals surface area contributed by atoms with Crippen LogP contribution in [0.4, 0.5) is 21.2 Å². The van der Waals surface area contributed by atoms with Crippen LogP contribution in [0, 0.1) is 5.92 Å². The Morgan fingerprint density at radius 3 is 2.52 bits per heavy atom. The zero-order valence-corrected chi connectivity index (χ0v) is 26.0. The summed E-state index contributed by atoms with van der Waals surface area (Å²) >= 11 is 0. The Morgan fingerprint density at radius 2 is 1.84 bits per heavy atom. The summed E-state index contributed by atoms with van der Waals surface area (Å²) in [6, 6.07) is 19.0. The van der Waals surface area contributed by atoms with E-state index < -0.39 is 43.5 Å². The van der Waals surface area contributed by atoms with Crippen molar-refractivity contribution < 1.29 is 28.3 Å². The van der Waals surface area contributed by atoms with Gasteiger partial charge in [-0.1, -0.05) is 31.2 Å². The molecule has 230 valence electrons. The van der Waals surface area contributed by atoms with E-state index in [1.54, 1.807) is 60.5 Å². The number of aliphatic hydroxyl groups is 1. The van der Waals surface area contributed by atoms with Gasteiger partial charge < -0.3 is 35.2 Å². The fourth-order valence-electron chi connectivity index (χ4n) is 7.31. The summed E-state index contributed by atoms with van der Waals surface area (Å²) in [5.41, 5.74) is 8.07. The first kappa shape index (κ1) is 30.0. The van der Waals surface area contributed by atoms with Gasteiger partial charge in [0.15, 0.2) is 5.60 Å². The molecule has 1 saturated heterocycles. The zero-order valence-electron chi connectivity index (χ0n) is 25.0. The normalized spacial score (nSPS) is 25.8. The van der Waals surface area contributed by atoms with Crippen LogP contribution in [0.1, 0.15) is 40.4 Å². The average molecular weight is 617 g/mol. The summed E-state index contributed by atoms with van der Waals surface area (Å²) in [6.07, 6.45) is -0.450. The predicted octanol–water partition coefficient (Wildman–Crippen LogP) is 4.58. The third-order valence-corrected chi connectivity index (χ3v) is 11.9. The highest BCUT2D eigenvalue weighted by Crippen LogP contribution is 2.59. The Morgan fingerprint density at radius 1 is 1.14 bits per heavy atom. The van der Waals surface area contributed by atoms with Crippen molar-refractivity contribution in [3.8, 4) is 0 Å². The Balaban J connectivity index is 1.30. The number of carbonyl (C=O) groups is 3. The summed E-state index contributed by atoms with van der Waals surface area (Å²) in [5, 5.41) is 15.9. The van der Waals surface area contributed by atoms with Crippen LogP contribution in [0.2, 0.25) is 18.6 Å². The Labute approximate surface area is 256 Å². The Bertz CT molecular complexity index is 1630. The van der Waals surface area contributed by atoms with Crippen LogP contribution in [-0.2, 0) is 32.9 Å². The second-order valence-electron chi connectivity index (χ2n) is 12.6. The van der Waals surface area contributed by atoms with Gasteiger partial charge in [0.2, 0.25) is 14.3 Å². The number of nitrogens with two attached hydrogens (primary N) is 1. The topological polar surface area (TPSA) is 134 Å². The maximum Gasteiger partial charge on any atom is 0.261 e. The lowest BCUT2D eigenvalue weighted by Crippen LogP contribution is -2.48. The minimum absolute atomic E-state index is 0.119. The number of nitrogens with one attached hydrogen (secondary N) is 2. The molecule has 3 aliphatic rings. The smallest absolute Gasteiger partial charge is 0.261 e. The molecule has 44 heavy (non-hydrogen) atoms. The average Bonchev–Trinajstić information content (AvgIpc) is 3.44. The molecule has 1 fully saturated rings. The largest absolute Gasteiger partial charge is 0.399 e. The van der Waals surface area contributed by atoms with E-state index in [0.29, 0.717) is 41.2 Å². The molecule has 0 radical (unpaired) electrons. The number of rotatable bonds is 6. The van der Waals surface area contributed by atoms with Gasteiger partial charge in [0.05, 0.1) is 25.2 Å². The van der Waals surface area contributed by atoms with Crippen molar-refractivity contribution >= 4 is 43.2 Å². The lowest BCUT2D eigenvalue weighted by atomic mass is 9.82. The standard InChI is InChI=1S/C33H37FN4O5Si/c1-19-30(44(2,3)34)28(16-29(40)38-17-22-7-5-4-6-21(22)14-25(38)18-39)43-33(19)26-15-24(12-13-27(26)37-32(33)42)36-31(41)20-8-10-23(35)11-9-20/h4-13,15,19,25,28,30,39H,14,16-18,35H2,1-3H3,(H,36,41)(H,37,42)/t19-,25+,28+,30-,33+/m1/s1. The molecule has 11 heteroatoms. The van der Waals surface area contributed by atoms with E-state index in [1.165, 1.54) is 0 Å². The number of hydrogen-bond acceptors (Lipinski definition) is 6. The number of carbonyl (C=O) groups excluding carboxylic acids is 3. The van der Waals surface area contributed by atoms with Gasteiger partial charge in [0, 0.05) is 46.2 Å². The quantitative estimate of drug-likeness (QED) is 0.182. The van der Waals surface area contributed by atoms with Crippen molar-refractivity contribution in [3.63, 3.8) is 0 Å². The number of benzene rings is 3. The fraction of sp³-hybridized carbons (Fsp3) is 0.364. The predicted molar refractivity (Wildman–Crippen MR) is 168 cm³/mol. The molecule has 0 aliphatic carbocycles. The number of fused-ring (bicyclic) bond motifs is 3. The van der Waals surface area contributed by atoms with Gasteiger partial charge in [-0.25, -0.2) is 0 Å². The van der Waals surface area contributed by atoms with E-state index in [0.717, 1.165) is 11.1 Å². The first-order valence-corrected chi connectivity index (χ1v) is 17.8. The molecule has 0 bridgehead atoms. The number of amides is 3. The number of ether oxygens (including phenoxy) is 1. The summed E-state index contributed by atoms with van der Waals surface area (Å²) < 4.78 is 22.7. The van der Waals surface area contributed by atoms with Gasteiger partial charge in [0.25, 0.3) is 11.8 Å². The van der Waals surface area contributed by atoms with Crippen LogP contribution in [-0.4, -0.2) is 54.9 Å². The van der Waals surface area contributed by atoms with E-state index in [2.05, 4.69) is 10.6 Å². The fourth-order valence-corrected chi connectivity index (χ4v) is 9.81. The van der Waals surface area contributed by atoms with Gasteiger partial charge in [-0.3, -0.25) is 14.4 Å². The second kappa shape index (κ2) is 11.1. The van der Waals surface area contributed by atoms with Crippen molar-refractivity contribution in [1.29, 1.82) is 0 Å². The maximum absolute atomic E-state index is 16.1. The highest BCUT2D eigenvalue weighted by molar-refractivity contribution is 6.72. The van der Waals surface area contributed by atoms with Gasteiger partial charge in [0.1, 0.15) is 0 Å². The van der Waals surface area contributed by atoms with Gasteiger partial charge >= 0.3 is 0 Å². The second-order valence-corrected chi connectivity index (χ2v) is 16.4. The van der Waals surface area contributed by atoms with Crippen molar-refractivity contribution in [3.05, 3.63) is 89.0 Å². The lowest BCUT2D eigenvalue weighted by molar-refractivity contribution is -0.149. The molecule has 1 spiro atoms. The summed E-state index contributed by atoms with van der Waals surface area (Å²) in [5.74, 6) is -1.61. The molecular formula is C33H37FN4O5Si. The van der Waals surface area contributed by atoms with Gasteiger partial charge in [-0.15, -0.1) is 0 Å². The molecule has 5 atom stereocenters. The number of hydrogen-bond donors (Lipinski definition) is 4. The van der Waals surface area contributed by atoms with Crippen LogP contribution >= 0.6 is 0 Å². The van der Waals surface area contributed by atoms with E-state index >= 15 is 4.11 Å². The minimum Gasteiger partial charge on any atom is -0.399 e. The van der Waals surface area contributed by atoms with Crippen LogP contribution in [0.25, 0.3) is 0 Å². The number of nitrogen functional groups attached to an aromatic ring is 1. The molecule has 0 aromatic heterocycles. The number of aliphatic hydroxyl groups excluding tert-OH is 1. The van der Waals surface area contributed by atoms with E-state index in [-0.39, 0.29) is 24.8 Å². The molecule has 3 amide bonds. The third kappa shape index (κ3) is 5.08. The first-order chi connectivity index (χ1) is 20.9. The maximum atomic E-state index is 16.1. The van der Waals surface area contributed by atoms with Crippen LogP contribution < -0.4 is 16.4 Å². The molecule has 0 unspecified atom stereocenters. The highest BCUT2D eigenvalue weighted by Gasteiger charge is 2.65. The Hall–Kier alpha value is -4.06. The molecule has 3 aromatic rings. The number of halogens is 1. The van der Waals surface area contributed by atoms with E-state index in [9.17, 15) is 19.5 Å². The minimum atomic E-state index is -3.49. The number of nitrogens with zero attached hydrogens (tertiary/aromatic N) is 1. The van der Waals surface area contributed by atoms with Crippen molar-refractivity contribution in [2.75, 3.05) is 23.0 Å². The van der Waals surface area contributed by atoms with Crippen molar-refractivity contribution in [1.82, 2.24) is 4.90 Å². The molecular weight excluding hydrogens is 579 g/mol. The van der Waals surface area contributed by atoms with E-state index in [4.69, 9.17) is 10.5 Å². The van der Waals surface area contributed by atoms with Gasteiger partial charge in [-0.2, -0.15) is 0 Å². The highest BCUT2D eigenvalue weighted by atomic mass is 28.4. The van der Waals surface area contributed by atoms with Crippen molar-refractivity contribution in [2.24, 2.45) is 5.92 Å². The molecule has 6 rings (SSSR count). The van der Waals surface area contributed by atoms with Crippen LogP contribution in [0.15, 0.2) is 66.7 Å². The molecule has 3 aliphatic heterocycles. The zero-order chi connectivity index (χ0) is 31.4. The van der Waals surface area contributed by atoms with Gasteiger partial charge in [-0.05, 0) is 73.1 Å². The summed E-state index contributed by atoms with van der Waals surface area (Å²) in [4.78, 5) is 42.2. The molecule has 3 heterocycles. The molecule has 0 saturated carbocycles. The summed E-state index contributed by atoms with van der Waals surface area (Å²) in [7, 11) is -3.49. The summed E-state index contributed by atoms with van der Waals surface area (Å²) in [6.45, 7) is 5.12. The number of anilines is 3. The third-order valence-electron chi connectivity index (χ3n) is 9.41. The monoisotopic (exact) mass is 616 g/mol. The lowest BCUT2D eigenvalue weighted by Gasteiger charge is -2.37. The first-order valence-electron chi connectivity index (χ1n) is 14.9. The van der Waals surface area contributed by atoms with Crippen molar-refractivity contribution in [2.45, 2.75) is 62.7 Å². The van der Waals surface area contributed by atoms with E-state index in [1.807, 2.05) is 31.2 Å². The Kier molecular flexibility index (Phi) is 7.59. The molecule has 5 N–H and O–H groups in total.